The summed E-state index contributed by atoms with van der Waals surface area (Å²) in [4.78, 5) is 43.7. The number of hydrogen-bond acceptors (Lipinski definition) is 9. The molecule has 2 aromatic carbocycles. The first-order chi connectivity index (χ1) is 18.8. The lowest BCUT2D eigenvalue weighted by Crippen LogP contribution is -2.49. The van der Waals surface area contributed by atoms with Crippen LogP contribution < -0.4 is 26.2 Å². The van der Waals surface area contributed by atoms with Crippen LogP contribution in [0.2, 0.25) is 10.0 Å². The standard InChI is InChI=1S/C14H13Cl2O2PS.C10H17N3O6S/c1-2-17-19(20,12-6-4-3-5-7-12)18-14-9-8-11(15)10-13(14)16;11-5(10(18)19)1-2-7(14)13-6(4-20)9(17)12-3-8(15)16/h3-10H,2H2,1H3;5-6,20H,1-4,11H2,(H,12,17)(H,13,14)(H,15,16)(H,18,19)/t;5-,6-/m.0/s1. The van der Waals surface area contributed by atoms with E-state index >= 15 is 0 Å². The number of carbonyl (C=O) groups is 4. The number of rotatable bonds is 14. The Hall–Kier alpha value is -2.38. The van der Waals surface area contributed by atoms with E-state index in [1.807, 2.05) is 37.3 Å². The number of carboxylic acids is 2. The molecule has 0 saturated carbocycles. The van der Waals surface area contributed by atoms with Gasteiger partial charge in [0.25, 0.3) is 6.49 Å². The molecule has 0 fully saturated rings. The Balaban J connectivity index is 0.000000400. The average Bonchev–Trinajstić information content (AvgIpc) is 2.91. The summed E-state index contributed by atoms with van der Waals surface area (Å²) in [5.74, 6) is -3.22. The molecule has 16 heteroatoms. The Bertz CT molecular complexity index is 1210. The first-order valence-corrected chi connectivity index (χ1v) is 15.7. The molecule has 2 amide bonds. The van der Waals surface area contributed by atoms with Gasteiger partial charge in [-0.15, -0.1) is 0 Å². The first-order valence-electron chi connectivity index (χ1n) is 11.7. The number of benzene rings is 2. The molecule has 2 aromatic rings. The van der Waals surface area contributed by atoms with Gasteiger partial charge in [0, 0.05) is 22.5 Å². The number of carboxylic acid groups (broad SMARTS) is 2. The third-order valence-electron chi connectivity index (χ3n) is 4.73. The normalized spacial score (nSPS) is 13.4. The van der Waals surface area contributed by atoms with Gasteiger partial charge in [-0.2, -0.15) is 12.6 Å². The summed E-state index contributed by atoms with van der Waals surface area (Å²) < 4.78 is 11.6. The van der Waals surface area contributed by atoms with Gasteiger partial charge in [0.1, 0.15) is 24.4 Å². The van der Waals surface area contributed by atoms with E-state index in [9.17, 15) is 19.2 Å². The van der Waals surface area contributed by atoms with Crippen LogP contribution in [-0.4, -0.2) is 65.0 Å². The van der Waals surface area contributed by atoms with Gasteiger partial charge < -0.3 is 35.6 Å². The fourth-order valence-corrected chi connectivity index (χ4v) is 6.05. The summed E-state index contributed by atoms with van der Waals surface area (Å²) in [5, 5.41) is 23.2. The molecule has 0 aliphatic heterocycles. The number of nitrogens with two attached hydrogens (primary N) is 1. The van der Waals surface area contributed by atoms with E-state index in [0.29, 0.717) is 22.4 Å². The average molecular weight is 655 g/mol. The van der Waals surface area contributed by atoms with Gasteiger partial charge >= 0.3 is 11.9 Å². The van der Waals surface area contributed by atoms with E-state index in [2.05, 4.69) is 23.3 Å². The predicted molar refractivity (Wildman–Crippen MR) is 160 cm³/mol. The Kier molecular flexibility index (Phi) is 16.2. The molecule has 2 rings (SSSR count). The molecule has 0 heterocycles. The maximum atomic E-state index is 11.5. The van der Waals surface area contributed by atoms with Crippen LogP contribution in [0.1, 0.15) is 19.8 Å². The van der Waals surface area contributed by atoms with Crippen molar-refractivity contribution >= 4 is 83.2 Å². The Morgan fingerprint density at radius 1 is 1.12 bits per heavy atom. The zero-order valence-electron chi connectivity index (χ0n) is 21.3. The van der Waals surface area contributed by atoms with Gasteiger partial charge in [-0.25, -0.2) is 0 Å². The highest BCUT2D eigenvalue weighted by Crippen LogP contribution is 2.49. The van der Waals surface area contributed by atoms with Crippen molar-refractivity contribution in [3.05, 3.63) is 58.6 Å². The monoisotopic (exact) mass is 653 g/mol. The smallest absolute Gasteiger partial charge is 0.322 e. The van der Waals surface area contributed by atoms with Gasteiger partial charge in [-0.3, -0.25) is 19.2 Å². The number of hydrogen-bond donors (Lipinski definition) is 6. The quantitative estimate of drug-likeness (QED) is 0.131. The van der Waals surface area contributed by atoms with Gasteiger partial charge in [-0.1, -0.05) is 41.4 Å². The molecule has 220 valence electrons. The van der Waals surface area contributed by atoms with Crippen molar-refractivity contribution in [2.24, 2.45) is 5.73 Å². The second-order valence-electron chi connectivity index (χ2n) is 7.81. The van der Waals surface area contributed by atoms with Crippen molar-refractivity contribution in [1.82, 2.24) is 10.6 Å². The maximum Gasteiger partial charge on any atom is 0.322 e. The summed E-state index contributed by atoms with van der Waals surface area (Å²) in [6.07, 6.45) is -0.235. The number of thiol groups is 1. The third kappa shape index (κ3) is 12.9. The lowest BCUT2D eigenvalue weighted by atomic mass is 10.1. The van der Waals surface area contributed by atoms with Crippen molar-refractivity contribution in [1.29, 1.82) is 0 Å². The van der Waals surface area contributed by atoms with Crippen molar-refractivity contribution in [2.45, 2.75) is 31.8 Å². The lowest BCUT2D eigenvalue weighted by molar-refractivity contribution is -0.139. The minimum absolute atomic E-state index is 0.0256. The fraction of sp³-hybridized carbons (Fsp3) is 0.333. The van der Waals surface area contributed by atoms with Crippen LogP contribution in [0.15, 0.2) is 48.5 Å². The van der Waals surface area contributed by atoms with E-state index in [4.69, 9.17) is 60.0 Å². The molecule has 0 aliphatic rings. The van der Waals surface area contributed by atoms with Crippen molar-refractivity contribution < 1.29 is 38.4 Å². The summed E-state index contributed by atoms with van der Waals surface area (Å²) in [5.41, 5.74) is 5.23. The van der Waals surface area contributed by atoms with Gasteiger partial charge in [0.05, 0.1) is 11.6 Å². The highest BCUT2D eigenvalue weighted by atomic mass is 35.5. The van der Waals surface area contributed by atoms with Crippen LogP contribution >= 0.6 is 42.3 Å². The molecule has 0 bridgehead atoms. The lowest BCUT2D eigenvalue weighted by Gasteiger charge is -2.23. The SMILES string of the molecule is CCOP(=S)(Oc1ccc(Cl)cc1Cl)c1ccccc1.N[C@@H](CCC(=O)N[C@@H](CS)C(=O)NCC(=O)O)C(=O)O. The molecule has 0 aliphatic carbocycles. The van der Waals surface area contributed by atoms with Gasteiger partial charge in [0.2, 0.25) is 11.8 Å². The highest BCUT2D eigenvalue weighted by Gasteiger charge is 2.24. The highest BCUT2D eigenvalue weighted by molar-refractivity contribution is 8.13. The van der Waals surface area contributed by atoms with E-state index < -0.39 is 48.9 Å². The maximum absolute atomic E-state index is 11.5. The second-order valence-corrected chi connectivity index (χ2v) is 12.4. The van der Waals surface area contributed by atoms with Crippen molar-refractivity contribution in [3.63, 3.8) is 0 Å². The van der Waals surface area contributed by atoms with Crippen LogP contribution in [0, 0.1) is 0 Å². The summed E-state index contributed by atoms with van der Waals surface area (Å²) in [6.45, 7) is -0.841. The summed E-state index contributed by atoms with van der Waals surface area (Å²) in [6, 6.07) is 12.4. The zero-order chi connectivity index (χ0) is 30.3. The molecule has 11 nitrogen and oxygen atoms in total. The zero-order valence-corrected chi connectivity index (χ0v) is 25.4. The Morgan fingerprint density at radius 2 is 1.77 bits per heavy atom. The molecule has 0 saturated heterocycles. The summed E-state index contributed by atoms with van der Waals surface area (Å²) >= 11 is 21.5. The molecule has 6 N–H and O–H groups in total. The Labute approximate surface area is 252 Å². The van der Waals surface area contributed by atoms with E-state index in [0.717, 1.165) is 5.30 Å². The van der Waals surface area contributed by atoms with E-state index in [1.165, 1.54) is 0 Å². The molecule has 40 heavy (non-hydrogen) atoms. The molecule has 3 atom stereocenters. The Morgan fingerprint density at radius 3 is 2.30 bits per heavy atom. The van der Waals surface area contributed by atoms with Crippen LogP contribution in [-0.2, 0) is 35.5 Å². The predicted octanol–water partition coefficient (Wildman–Crippen LogP) is 2.84. The topological polar surface area (TPSA) is 177 Å². The van der Waals surface area contributed by atoms with Crippen molar-refractivity contribution in [2.75, 3.05) is 18.9 Å². The fourth-order valence-electron chi connectivity index (χ4n) is 2.77. The molecule has 0 spiro atoms. The van der Waals surface area contributed by atoms with Gasteiger partial charge in [0.15, 0.2) is 0 Å². The molecular formula is C24H30Cl2N3O8PS2. The summed E-state index contributed by atoms with van der Waals surface area (Å²) in [7, 11) is 0. The van der Waals surface area contributed by atoms with Crippen LogP contribution in [0.25, 0.3) is 0 Å². The van der Waals surface area contributed by atoms with Crippen LogP contribution in [0.4, 0.5) is 0 Å². The number of amides is 2. The third-order valence-corrected chi connectivity index (χ3v) is 8.77. The van der Waals surface area contributed by atoms with E-state index in [1.54, 1.807) is 18.2 Å². The molecule has 0 aromatic heterocycles. The number of aliphatic carboxylic acids is 2. The second kappa shape index (κ2) is 18.1. The molecular weight excluding hydrogens is 624 g/mol. The molecule has 0 radical (unpaired) electrons. The van der Waals surface area contributed by atoms with Crippen LogP contribution in [0.3, 0.4) is 0 Å². The minimum atomic E-state index is -2.63. The number of nitrogens with one attached hydrogen (secondary N) is 2. The van der Waals surface area contributed by atoms with Crippen molar-refractivity contribution in [3.8, 4) is 5.75 Å². The largest absolute Gasteiger partial charge is 0.480 e. The first kappa shape index (κ1) is 35.6. The number of halogens is 2. The van der Waals surface area contributed by atoms with Gasteiger partial charge in [-0.05, 0) is 55.5 Å². The van der Waals surface area contributed by atoms with E-state index in [-0.39, 0.29) is 18.6 Å². The molecule has 1 unspecified atom stereocenters. The number of carbonyl (C=O) groups excluding carboxylic acids is 2. The van der Waals surface area contributed by atoms with Crippen LogP contribution in [0.5, 0.6) is 5.75 Å². The minimum Gasteiger partial charge on any atom is -0.480 e.